The van der Waals surface area contributed by atoms with E-state index >= 15 is 0 Å². The zero-order valence-electron chi connectivity index (χ0n) is 11.3. The smallest absolute Gasteiger partial charge is 0.159 e. The van der Waals surface area contributed by atoms with Gasteiger partial charge in [0.1, 0.15) is 0 Å². The fourth-order valence-electron chi connectivity index (χ4n) is 2.18. The zero-order valence-corrected chi connectivity index (χ0v) is 11.3. The first-order valence-electron chi connectivity index (χ1n) is 6.46. The normalized spacial score (nSPS) is 12.5. The molecule has 1 N–H and O–H groups in total. The van der Waals surface area contributed by atoms with Crippen LogP contribution >= 0.6 is 0 Å². The number of anilines is 1. The molecule has 1 aromatic carbocycles. The van der Waals surface area contributed by atoms with E-state index in [0.29, 0.717) is 12.0 Å². The van der Waals surface area contributed by atoms with Crippen LogP contribution in [0.4, 0.5) is 5.69 Å². The summed E-state index contributed by atoms with van der Waals surface area (Å²) in [6.45, 7) is 8.27. The molecule has 0 aromatic heterocycles. The number of nitrogens with one attached hydrogen (secondary N) is 1. The van der Waals surface area contributed by atoms with Crippen molar-refractivity contribution < 1.29 is 4.79 Å². The van der Waals surface area contributed by atoms with Crippen LogP contribution in [0.25, 0.3) is 0 Å². The van der Waals surface area contributed by atoms with E-state index in [0.717, 1.165) is 11.3 Å². The van der Waals surface area contributed by atoms with Crippen LogP contribution in [0, 0.1) is 5.92 Å². The Hall–Kier alpha value is -1.31. The molecule has 94 valence electrons. The van der Waals surface area contributed by atoms with E-state index in [1.807, 2.05) is 24.3 Å². The Morgan fingerprint density at radius 2 is 1.71 bits per heavy atom. The van der Waals surface area contributed by atoms with Crippen molar-refractivity contribution in [3.05, 3.63) is 29.8 Å². The van der Waals surface area contributed by atoms with Crippen molar-refractivity contribution in [1.29, 1.82) is 0 Å². The largest absolute Gasteiger partial charge is 0.382 e. The van der Waals surface area contributed by atoms with Crippen molar-refractivity contribution >= 4 is 11.5 Å². The zero-order chi connectivity index (χ0) is 12.8. The Bertz CT molecular complexity index is 352. The van der Waals surface area contributed by atoms with Crippen LogP contribution in [-0.4, -0.2) is 11.8 Å². The number of carbonyl (C=O) groups is 1. The fraction of sp³-hybridized carbons (Fsp3) is 0.533. The minimum Gasteiger partial charge on any atom is -0.382 e. The topological polar surface area (TPSA) is 29.1 Å². The van der Waals surface area contributed by atoms with Crippen LogP contribution in [-0.2, 0) is 0 Å². The number of benzene rings is 1. The first-order chi connectivity index (χ1) is 8.08. The quantitative estimate of drug-likeness (QED) is 0.749. The monoisotopic (exact) mass is 233 g/mol. The molecule has 2 heteroatoms. The lowest BCUT2D eigenvalue weighted by Gasteiger charge is -2.23. The Kier molecular flexibility index (Phi) is 5.20. The summed E-state index contributed by atoms with van der Waals surface area (Å²) in [6.07, 6.45) is 2.38. The number of hydrogen-bond acceptors (Lipinski definition) is 2. The van der Waals surface area contributed by atoms with Crippen molar-refractivity contribution in [3.8, 4) is 0 Å². The molecular formula is C15H23NO. The van der Waals surface area contributed by atoms with Crippen molar-refractivity contribution in [2.75, 3.05) is 5.32 Å². The van der Waals surface area contributed by atoms with E-state index in [-0.39, 0.29) is 5.78 Å². The van der Waals surface area contributed by atoms with Gasteiger partial charge >= 0.3 is 0 Å². The molecule has 0 spiro atoms. The molecule has 1 rings (SSSR count). The molecule has 0 amide bonds. The molecule has 1 aromatic rings. The third-order valence-electron chi connectivity index (χ3n) is 3.44. The Morgan fingerprint density at radius 3 is 2.12 bits per heavy atom. The van der Waals surface area contributed by atoms with Crippen molar-refractivity contribution in [3.63, 3.8) is 0 Å². The number of hydrogen-bond donors (Lipinski definition) is 1. The third kappa shape index (κ3) is 3.88. The molecule has 0 fully saturated rings. The molecule has 17 heavy (non-hydrogen) atoms. The summed E-state index contributed by atoms with van der Waals surface area (Å²) < 4.78 is 0. The summed E-state index contributed by atoms with van der Waals surface area (Å²) >= 11 is 0. The van der Waals surface area contributed by atoms with E-state index < -0.39 is 0 Å². The number of carbonyl (C=O) groups excluding carboxylic acids is 1. The van der Waals surface area contributed by atoms with Crippen molar-refractivity contribution in [1.82, 2.24) is 0 Å². The highest BCUT2D eigenvalue weighted by molar-refractivity contribution is 5.94. The number of Topliss-reactive ketones (excluding diaryl/α,β-unsaturated/α-hetero) is 1. The van der Waals surface area contributed by atoms with Gasteiger partial charge in [-0.05, 0) is 44.0 Å². The molecule has 0 aliphatic carbocycles. The molecule has 0 saturated heterocycles. The van der Waals surface area contributed by atoms with Gasteiger partial charge in [-0.15, -0.1) is 0 Å². The van der Waals surface area contributed by atoms with Crippen molar-refractivity contribution in [2.24, 2.45) is 5.92 Å². The minimum atomic E-state index is 0.115. The molecule has 1 unspecified atom stereocenters. The van der Waals surface area contributed by atoms with E-state index in [4.69, 9.17) is 0 Å². The van der Waals surface area contributed by atoms with Gasteiger partial charge in [-0.3, -0.25) is 4.79 Å². The minimum absolute atomic E-state index is 0.115. The Labute approximate surface area is 104 Å². The Morgan fingerprint density at radius 1 is 1.18 bits per heavy atom. The lowest BCUT2D eigenvalue weighted by Crippen LogP contribution is -2.24. The van der Waals surface area contributed by atoms with Gasteiger partial charge in [0.15, 0.2) is 5.78 Å². The van der Waals surface area contributed by atoms with Crippen LogP contribution in [0.15, 0.2) is 24.3 Å². The van der Waals surface area contributed by atoms with E-state index in [1.165, 1.54) is 12.8 Å². The van der Waals surface area contributed by atoms with Crippen LogP contribution in [0.3, 0.4) is 0 Å². The summed E-state index contributed by atoms with van der Waals surface area (Å²) in [4.78, 5) is 11.2. The first-order valence-corrected chi connectivity index (χ1v) is 6.46. The average Bonchev–Trinajstić information content (AvgIpc) is 2.31. The summed E-state index contributed by atoms with van der Waals surface area (Å²) in [7, 11) is 0. The first kappa shape index (κ1) is 13.8. The third-order valence-corrected chi connectivity index (χ3v) is 3.44. The lowest BCUT2D eigenvalue weighted by molar-refractivity contribution is 0.101. The van der Waals surface area contributed by atoms with Gasteiger partial charge in [0.05, 0.1) is 0 Å². The maximum atomic E-state index is 11.2. The van der Waals surface area contributed by atoms with Gasteiger partial charge in [-0.25, -0.2) is 0 Å². The van der Waals surface area contributed by atoms with Crippen LogP contribution in [0.1, 0.15) is 50.9 Å². The average molecular weight is 233 g/mol. The van der Waals surface area contributed by atoms with E-state index in [2.05, 4.69) is 26.1 Å². The molecule has 0 saturated carbocycles. The van der Waals surface area contributed by atoms with Gasteiger partial charge in [-0.1, -0.05) is 26.7 Å². The highest BCUT2D eigenvalue weighted by Gasteiger charge is 2.12. The lowest BCUT2D eigenvalue weighted by atomic mass is 9.95. The van der Waals surface area contributed by atoms with E-state index in [1.54, 1.807) is 6.92 Å². The van der Waals surface area contributed by atoms with Gasteiger partial charge in [0.25, 0.3) is 0 Å². The maximum Gasteiger partial charge on any atom is 0.159 e. The molecule has 0 radical (unpaired) electrons. The molecule has 0 aliphatic rings. The second-order valence-electron chi connectivity index (χ2n) is 4.64. The summed E-state index contributed by atoms with van der Waals surface area (Å²) in [5.74, 6) is 0.812. The Balaban J connectivity index is 2.65. The second-order valence-corrected chi connectivity index (χ2v) is 4.64. The van der Waals surface area contributed by atoms with E-state index in [9.17, 15) is 4.79 Å². The summed E-state index contributed by atoms with van der Waals surface area (Å²) in [5, 5.41) is 3.50. The van der Waals surface area contributed by atoms with Crippen LogP contribution in [0.2, 0.25) is 0 Å². The predicted molar refractivity (Wildman–Crippen MR) is 73.6 cm³/mol. The highest BCUT2D eigenvalue weighted by atomic mass is 16.1. The SMILES string of the molecule is CCC(CC)C(C)Nc1ccc(C(C)=O)cc1. The van der Waals surface area contributed by atoms with Crippen LogP contribution < -0.4 is 5.32 Å². The standard InChI is InChI=1S/C15H23NO/c1-5-13(6-2)11(3)16-15-9-7-14(8-10-15)12(4)17/h7-11,13,16H,5-6H2,1-4H3. The molecule has 1 atom stereocenters. The molecule has 0 bridgehead atoms. The van der Waals surface area contributed by atoms with Crippen LogP contribution in [0.5, 0.6) is 0 Å². The van der Waals surface area contributed by atoms with Gasteiger partial charge in [0.2, 0.25) is 0 Å². The molecule has 0 heterocycles. The predicted octanol–water partition coefficient (Wildman–Crippen LogP) is 4.13. The molecular weight excluding hydrogens is 210 g/mol. The highest BCUT2D eigenvalue weighted by Crippen LogP contribution is 2.18. The fourth-order valence-corrected chi connectivity index (χ4v) is 2.18. The van der Waals surface area contributed by atoms with Gasteiger partial charge < -0.3 is 5.32 Å². The van der Waals surface area contributed by atoms with Gasteiger partial charge in [-0.2, -0.15) is 0 Å². The second kappa shape index (κ2) is 6.43. The number of rotatable bonds is 6. The summed E-state index contributed by atoms with van der Waals surface area (Å²) in [5.41, 5.74) is 1.86. The van der Waals surface area contributed by atoms with Crippen molar-refractivity contribution in [2.45, 2.75) is 46.6 Å². The molecule has 2 nitrogen and oxygen atoms in total. The maximum absolute atomic E-state index is 11.2. The molecule has 0 aliphatic heterocycles. The van der Waals surface area contributed by atoms with Gasteiger partial charge in [0, 0.05) is 17.3 Å². The summed E-state index contributed by atoms with van der Waals surface area (Å²) in [6, 6.07) is 8.19. The number of ketones is 1.